The van der Waals surface area contributed by atoms with E-state index in [9.17, 15) is 13.2 Å². The van der Waals surface area contributed by atoms with Crippen molar-refractivity contribution in [2.24, 2.45) is 0 Å². The Morgan fingerprint density at radius 1 is 1.05 bits per heavy atom. The molecule has 98 valence electrons. The molecule has 1 aromatic heterocycles. The fraction of sp³-hybridized carbons (Fsp3) is 0.231. The zero-order valence-electron chi connectivity index (χ0n) is 9.63. The van der Waals surface area contributed by atoms with Gasteiger partial charge >= 0.3 is 6.18 Å². The number of alkyl halides is 3. The number of fused-ring (bicyclic) bond motifs is 3. The van der Waals surface area contributed by atoms with Gasteiger partial charge in [0.2, 0.25) is 0 Å². The van der Waals surface area contributed by atoms with Crippen molar-refractivity contribution in [3.8, 4) is 11.3 Å². The summed E-state index contributed by atoms with van der Waals surface area (Å²) in [7, 11) is 0. The standard InChI is InChI=1S/C13H8F3IN2/c14-13(15,16)11-9-6-5-7-3-1-2-4-8(7)10(9)18-12(17)19-11/h1-4H,5-6H2. The molecule has 3 rings (SSSR count). The van der Waals surface area contributed by atoms with Crippen LogP contribution in [0.15, 0.2) is 24.3 Å². The maximum absolute atomic E-state index is 13.0. The number of aryl methyl sites for hydroxylation is 1. The molecule has 0 aliphatic heterocycles. The second-order valence-electron chi connectivity index (χ2n) is 4.32. The van der Waals surface area contributed by atoms with Crippen LogP contribution in [0.25, 0.3) is 11.3 Å². The van der Waals surface area contributed by atoms with Crippen LogP contribution in [0.3, 0.4) is 0 Å². The Morgan fingerprint density at radius 2 is 1.79 bits per heavy atom. The molecule has 1 aliphatic rings. The first kappa shape index (κ1) is 12.8. The summed E-state index contributed by atoms with van der Waals surface area (Å²) in [5.41, 5.74) is 1.67. The Morgan fingerprint density at radius 3 is 2.53 bits per heavy atom. The van der Waals surface area contributed by atoms with Crippen molar-refractivity contribution in [1.82, 2.24) is 9.97 Å². The van der Waals surface area contributed by atoms with Crippen molar-refractivity contribution >= 4 is 22.6 Å². The van der Waals surface area contributed by atoms with E-state index in [0.29, 0.717) is 18.5 Å². The molecule has 0 unspecified atom stereocenters. The first-order valence-electron chi connectivity index (χ1n) is 5.68. The molecule has 1 aliphatic carbocycles. The van der Waals surface area contributed by atoms with Crippen LogP contribution >= 0.6 is 22.6 Å². The van der Waals surface area contributed by atoms with Crippen molar-refractivity contribution in [2.75, 3.05) is 0 Å². The molecule has 1 aromatic carbocycles. The third-order valence-electron chi connectivity index (χ3n) is 3.17. The van der Waals surface area contributed by atoms with Crippen molar-refractivity contribution < 1.29 is 13.2 Å². The zero-order valence-corrected chi connectivity index (χ0v) is 11.8. The van der Waals surface area contributed by atoms with Crippen molar-refractivity contribution in [3.63, 3.8) is 0 Å². The Bertz CT molecular complexity index is 653. The van der Waals surface area contributed by atoms with Gasteiger partial charge in [0.25, 0.3) is 0 Å². The highest BCUT2D eigenvalue weighted by molar-refractivity contribution is 14.1. The first-order valence-corrected chi connectivity index (χ1v) is 6.76. The minimum atomic E-state index is -4.43. The molecule has 0 saturated carbocycles. The molecule has 0 amide bonds. The van der Waals surface area contributed by atoms with Gasteiger partial charge in [-0.25, -0.2) is 9.97 Å². The molecule has 0 spiro atoms. The van der Waals surface area contributed by atoms with Crippen LogP contribution in [0.4, 0.5) is 13.2 Å². The van der Waals surface area contributed by atoms with E-state index in [1.54, 1.807) is 22.6 Å². The van der Waals surface area contributed by atoms with Gasteiger partial charge in [0.1, 0.15) is 0 Å². The molecular weight excluding hydrogens is 368 g/mol. The summed E-state index contributed by atoms with van der Waals surface area (Å²) in [5, 5.41) is 0. The van der Waals surface area contributed by atoms with E-state index < -0.39 is 11.9 Å². The predicted octanol–water partition coefficient (Wildman–Crippen LogP) is 3.87. The highest BCUT2D eigenvalue weighted by Crippen LogP contribution is 2.39. The molecule has 0 radical (unpaired) electrons. The monoisotopic (exact) mass is 376 g/mol. The van der Waals surface area contributed by atoms with Crippen molar-refractivity contribution in [2.45, 2.75) is 19.0 Å². The van der Waals surface area contributed by atoms with Crippen LogP contribution in [-0.2, 0) is 19.0 Å². The third kappa shape index (κ3) is 2.22. The summed E-state index contributed by atoms with van der Waals surface area (Å²) >= 11 is 1.73. The molecule has 0 bridgehead atoms. The van der Waals surface area contributed by atoms with E-state index in [0.717, 1.165) is 11.1 Å². The molecule has 0 atom stereocenters. The quantitative estimate of drug-likeness (QED) is 0.516. The van der Waals surface area contributed by atoms with Gasteiger partial charge in [-0.05, 0) is 18.4 Å². The number of hydrogen-bond donors (Lipinski definition) is 0. The molecule has 2 nitrogen and oxygen atoms in total. The highest BCUT2D eigenvalue weighted by Gasteiger charge is 2.38. The first-order chi connectivity index (χ1) is 8.97. The normalized spacial score (nSPS) is 13.9. The Labute approximate surface area is 121 Å². The van der Waals surface area contributed by atoms with Gasteiger partial charge in [-0.15, -0.1) is 0 Å². The highest BCUT2D eigenvalue weighted by atomic mass is 127. The molecule has 0 saturated heterocycles. The number of halogens is 4. The van der Waals surface area contributed by atoms with Crippen molar-refractivity contribution in [3.05, 3.63) is 44.9 Å². The molecule has 1 heterocycles. The lowest BCUT2D eigenvalue weighted by atomic mass is 9.88. The topological polar surface area (TPSA) is 25.8 Å². The van der Waals surface area contributed by atoms with Gasteiger partial charge in [-0.2, -0.15) is 13.2 Å². The summed E-state index contributed by atoms with van der Waals surface area (Å²) in [6, 6.07) is 7.45. The van der Waals surface area contributed by atoms with Crippen LogP contribution in [0, 0.1) is 3.83 Å². The zero-order chi connectivity index (χ0) is 13.6. The fourth-order valence-electron chi connectivity index (χ4n) is 2.38. The number of hydrogen-bond acceptors (Lipinski definition) is 2. The lowest BCUT2D eigenvalue weighted by Crippen LogP contribution is -2.18. The third-order valence-corrected chi connectivity index (χ3v) is 3.65. The average molecular weight is 376 g/mol. The summed E-state index contributed by atoms with van der Waals surface area (Å²) in [5.74, 6) is 0. The largest absolute Gasteiger partial charge is 0.433 e. The fourth-order valence-corrected chi connectivity index (χ4v) is 2.86. The Balaban J connectivity index is 2.30. The maximum Gasteiger partial charge on any atom is 0.433 e. The average Bonchev–Trinajstić information content (AvgIpc) is 2.36. The van der Waals surface area contributed by atoms with Gasteiger partial charge in [-0.3, -0.25) is 0 Å². The van der Waals surface area contributed by atoms with Crippen LogP contribution < -0.4 is 0 Å². The Kier molecular flexibility index (Phi) is 2.99. The molecular formula is C13H8F3IN2. The van der Waals surface area contributed by atoms with E-state index in [4.69, 9.17) is 0 Å². The minimum absolute atomic E-state index is 0.125. The molecule has 0 fully saturated rings. The minimum Gasteiger partial charge on any atom is -0.223 e. The predicted molar refractivity (Wildman–Crippen MR) is 72.6 cm³/mol. The smallest absolute Gasteiger partial charge is 0.223 e. The van der Waals surface area contributed by atoms with E-state index in [1.807, 2.05) is 24.3 Å². The Hall–Kier alpha value is -1.18. The number of aromatic nitrogens is 2. The van der Waals surface area contributed by atoms with E-state index in [1.165, 1.54) is 0 Å². The molecule has 2 aromatic rings. The summed E-state index contributed by atoms with van der Waals surface area (Å²) in [4.78, 5) is 7.79. The van der Waals surface area contributed by atoms with Crippen molar-refractivity contribution in [1.29, 1.82) is 0 Å². The lowest BCUT2D eigenvalue weighted by Gasteiger charge is -2.22. The maximum atomic E-state index is 13.0. The van der Waals surface area contributed by atoms with Crippen LogP contribution in [0.1, 0.15) is 16.8 Å². The second kappa shape index (κ2) is 4.43. The van der Waals surface area contributed by atoms with Crippen LogP contribution in [0.2, 0.25) is 0 Å². The molecule has 0 N–H and O–H groups in total. The number of rotatable bonds is 0. The number of nitrogens with zero attached hydrogens (tertiary/aromatic N) is 2. The van der Waals surface area contributed by atoms with Gasteiger partial charge in [-0.1, -0.05) is 24.3 Å². The molecule has 6 heteroatoms. The summed E-state index contributed by atoms with van der Waals surface area (Å²) in [6.45, 7) is 0. The number of benzene rings is 1. The van der Waals surface area contributed by atoms with Crippen LogP contribution in [0.5, 0.6) is 0 Å². The lowest BCUT2D eigenvalue weighted by molar-refractivity contribution is -0.142. The molecule has 19 heavy (non-hydrogen) atoms. The summed E-state index contributed by atoms with van der Waals surface area (Å²) in [6.07, 6.45) is -3.51. The van der Waals surface area contributed by atoms with E-state index >= 15 is 0 Å². The van der Waals surface area contributed by atoms with Gasteiger partial charge < -0.3 is 0 Å². The summed E-state index contributed by atoms with van der Waals surface area (Å²) < 4.78 is 39.2. The van der Waals surface area contributed by atoms with Gasteiger partial charge in [0.05, 0.1) is 5.69 Å². The SMILES string of the molecule is FC(F)(F)c1nc(I)nc2c1CCc1ccccc1-2. The second-order valence-corrected chi connectivity index (χ2v) is 5.29. The van der Waals surface area contributed by atoms with E-state index in [-0.39, 0.29) is 9.39 Å². The van der Waals surface area contributed by atoms with E-state index in [2.05, 4.69) is 9.97 Å². The van der Waals surface area contributed by atoms with Gasteiger partial charge in [0.15, 0.2) is 9.53 Å². The van der Waals surface area contributed by atoms with Crippen LogP contribution in [-0.4, -0.2) is 9.97 Å². The van der Waals surface area contributed by atoms with Gasteiger partial charge in [0, 0.05) is 33.7 Å².